The van der Waals surface area contributed by atoms with Crippen LogP contribution in [0.2, 0.25) is 0 Å². The Kier molecular flexibility index (Phi) is 17.4. The minimum absolute atomic E-state index is 0. The molecule has 0 saturated heterocycles. The number of hydrogen-bond donors (Lipinski definition) is 1. The first kappa shape index (κ1) is 17.4. The fraction of sp³-hybridized carbons (Fsp3) is 1.00. The Morgan fingerprint density at radius 3 is 2.36 bits per heavy atom. The smallest absolute Gasteiger partial charge is 0.394 e. The Hall–Kier alpha value is 0.980. The van der Waals surface area contributed by atoms with E-state index < -0.39 is 8.25 Å². The summed E-state index contributed by atoms with van der Waals surface area (Å²) in [7, 11) is -2.02. The topological polar surface area (TPSA) is 55.8 Å². The Balaban J connectivity index is 0. The molecule has 14 heavy (non-hydrogen) atoms. The van der Waals surface area contributed by atoms with Crippen LogP contribution in [0.1, 0.15) is 32.6 Å². The van der Waals surface area contributed by atoms with Gasteiger partial charge in [0, 0.05) is 34.1 Å². The minimum atomic E-state index is -2.02. The zero-order chi connectivity index (χ0) is 9.94. The number of aliphatic hydroxyl groups is 1. The molecule has 1 atom stereocenters. The third-order valence-electron chi connectivity index (χ3n) is 1.48. The molecule has 0 saturated carbocycles. The molecular weight excluding hydrogens is 214 g/mol. The second-order valence-electron chi connectivity index (χ2n) is 2.67. The SMILES string of the molecule is CCCCCCO[P+](=O)OCCO.[Na]. The molecule has 4 nitrogen and oxygen atoms in total. The summed E-state index contributed by atoms with van der Waals surface area (Å²) < 4.78 is 20.3. The van der Waals surface area contributed by atoms with E-state index in [1.165, 1.54) is 12.8 Å². The van der Waals surface area contributed by atoms with Gasteiger partial charge in [-0.15, -0.1) is 9.05 Å². The molecule has 0 bridgehead atoms. The van der Waals surface area contributed by atoms with Gasteiger partial charge in [0.05, 0.1) is 6.61 Å². The zero-order valence-corrected chi connectivity index (χ0v) is 12.0. The summed E-state index contributed by atoms with van der Waals surface area (Å²) in [5.41, 5.74) is 0. The van der Waals surface area contributed by atoms with Crippen LogP contribution in [0.25, 0.3) is 0 Å². The third-order valence-corrected chi connectivity index (χ3v) is 2.27. The third kappa shape index (κ3) is 13.0. The number of aliphatic hydroxyl groups excluding tert-OH is 1. The van der Waals surface area contributed by atoms with Gasteiger partial charge < -0.3 is 5.11 Å². The molecule has 0 aromatic rings. The quantitative estimate of drug-likeness (QED) is 0.374. The van der Waals surface area contributed by atoms with Crippen LogP contribution in [0.4, 0.5) is 0 Å². The average molecular weight is 232 g/mol. The van der Waals surface area contributed by atoms with Crippen molar-refractivity contribution < 1.29 is 18.7 Å². The van der Waals surface area contributed by atoms with Crippen molar-refractivity contribution in [1.82, 2.24) is 0 Å². The van der Waals surface area contributed by atoms with Crippen molar-refractivity contribution in [1.29, 1.82) is 0 Å². The molecule has 0 aromatic carbocycles. The van der Waals surface area contributed by atoms with Crippen LogP contribution in [0, 0.1) is 0 Å². The van der Waals surface area contributed by atoms with Crippen molar-refractivity contribution in [3.05, 3.63) is 0 Å². The Morgan fingerprint density at radius 2 is 1.79 bits per heavy atom. The number of hydrogen-bond acceptors (Lipinski definition) is 4. The van der Waals surface area contributed by atoms with Crippen LogP contribution in [0.3, 0.4) is 0 Å². The van der Waals surface area contributed by atoms with Crippen LogP contribution in [0.5, 0.6) is 0 Å². The maximum atomic E-state index is 10.8. The molecule has 0 aliphatic carbocycles. The summed E-state index contributed by atoms with van der Waals surface area (Å²) >= 11 is 0. The number of unbranched alkanes of at least 4 members (excludes halogenated alkanes) is 3. The van der Waals surface area contributed by atoms with E-state index >= 15 is 0 Å². The second kappa shape index (κ2) is 14.0. The molecule has 0 fully saturated rings. The maximum Gasteiger partial charge on any atom is 0.697 e. The normalized spacial score (nSPS) is 10.9. The predicted molar refractivity (Wildman–Crippen MR) is 56.5 cm³/mol. The maximum absolute atomic E-state index is 10.8. The van der Waals surface area contributed by atoms with Crippen LogP contribution in [-0.4, -0.2) is 54.5 Å². The second-order valence-corrected chi connectivity index (χ2v) is 3.64. The first-order valence-electron chi connectivity index (χ1n) is 4.65. The van der Waals surface area contributed by atoms with E-state index in [2.05, 4.69) is 11.4 Å². The van der Waals surface area contributed by atoms with E-state index in [-0.39, 0.29) is 42.8 Å². The molecule has 6 heteroatoms. The van der Waals surface area contributed by atoms with E-state index in [0.717, 1.165) is 12.8 Å². The Bertz CT molecular complexity index is 135. The summed E-state index contributed by atoms with van der Waals surface area (Å²) in [5, 5.41) is 8.35. The molecule has 1 unspecified atom stereocenters. The molecule has 0 rings (SSSR count). The molecule has 0 amide bonds. The molecule has 0 spiro atoms. The van der Waals surface area contributed by atoms with Crippen molar-refractivity contribution in [3.63, 3.8) is 0 Å². The van der Waals surface area contributed by atoms with Crippen LogP contribution < -0.4 is 0 Å². The summed E-state index contributed by atoms with van der Waals surface area (Å²) in [6.07, 6.45) is 4.36. The first-order valence-corrected chi connectivity index (χ1v) is 5.74. The van der Waals surface area contributed by atoms with Gasteiger partial charge in [-0.05, 0) is 6.42 Å². The van der Waals surface area contributed by atoms with Gasteiger partial charge in [0.15, 0.2) is 0 Å². The van der Waals surface area contributed by atoms with Crippen molar-refractivity contribution in [2.75, 3.05) is 19.8 Å². The molecule has 1 radical (unpaired) electrons. The Labute approximate surface area is 109 Å². The van der Waals surface area contributed by atoms with Crippen molar-refractivity contribution in [3.8, 4) is 0 Å². The van der Waals surface area contributed by atoms with E-state index in [1.54, 1.807) is 0 Å². The molecule has 1 N–H and O–H groups in total. The Morgan fingerprint density at radius 1 is 1.14 bits per heavy atom. The molecule has 79 valence electrons. The van der Waals surface area contributed by atoms with Gasteiger partial charge in [-0.1, -0.05) is 26.2 Å². The predicted octanol–water partition coefficient (Wildman–Crippen LogP) is 1.87. The van der Waals surface area contributed by atoms with Crippen molar-refractivity contribution in [2.24, 2.45) is 0 Å². The fourth-order valence-corrected chi connectivity index (χ4v) is 1.40. The molecule has 0 heterocycles. The van der Waals surface area contributed by atoms with Crippen LogP contribution in [-0.2, 0) is 13.6 Å². The van der Waals surface area contributed by atoms with Gasteiger partial charge in [-0.2, -0.15) is 0 Å². The summed E-state index contributed by atoms with van der Waals surface area (Å²) in [5.74, 6) is 0. The van der Waals surface area contributed by atoms with Crippen LogP contribution >= 0.6 is 8.25 Å². The zero-order valence-electron chi connectivity index (χ0n) is 9.07. The van der Waals surface area contributed by atoms with Gasteiger partial charge in [0.25, 0.3) is 0 Å². The van der Waals surface area contributed by atoms with Gasteiger partial charge in [-0.25, -0.2) is 0 Å². The fourth-order valence-electron chi connectivity index (χ4n) is 0.821. The number of rotatable bonds is 9. The minimum Gasteiger partial charge on any atom is -0.394 e. The average Bonchev–Trinajstić information content (AvgIpc) is 2.14. The summed E-state index contributed by atoms with van der Waals surface area (Å²) in [4.78, 5) is 0. The standard InChI is InChI=1S/C8H18O4P.Na/c1-2-3-4-5-7-11-13(10)12-8-6-9;/h9H,2-8H2,1H3;/q+1;. The molecule has 0 aromatic heterocycles. The summed E-state index contributed by atoms with van der Waals surface area (Å²) in [6.45, 7) is 2.55. The van der Waals surface area contributed by atoms with Gasteiger partial charge in [0.1, 0.15) is 13.2 Å². The first-order chi connectivity index (χ1) is 6.31. The van der Waals surface area contributed by atoms with E-state index in [1.807, 2.05) is 0 Å². The largest absolute Gasteiger partial charge is 0.697 e. The molecule has 0 aliphatic rings. The van der Waals surface area contributed by atoms with Crippen molar-refractivity contribution >= 4 is 37.8 Å². The van der Waals surface area contributed by atoms with Gasteiger partial charge in [-0.3, -0.25) is 0 Å². The van der Waals surface area contributed by atoms with E-state index in [4.69, 9.17) is 9.63 Å². The van der Waals surface area contributed by atoms with Crippen LogP contribution in [0.15, 0.2) is 0 Å². The molecular formula is C8H18NaO4P+. The van der Waals surface area contributed by atoms with Gasteiger partial charge in [0.2, 0.25) is 0 Å². The molecule has 0 aliphatic heterocycles. The van der Waals surface area contributed by atoms with Gasteiger partial charge >= 0.3 is 8.25 Å². The summed E-state index contributed by atoms with van der Waals surface area (Å²) in [6, 6.07) is 0. The van der Waals surface area contributed by atoms with Crippen molar-refractivity contribution in [2.45, 2.75) is 32.6 Å². The van der Waals surface area contributed by atoms with E-state index in [9.17, 15) is 4.57 Å². The van der Waals surface area contributed by atoms with E-state index in [0.29, 0.717) is 6.61 Å². The monoisotopic (exact) mass is 232 g/mol.